The molecular formula is C10H10KN2O-. The Morgan fingerprint density at radius 2 is 2.00 bits per heavy atom. The van der Waals surface area contributed by atoms with E-state index in [2.05, 4.69) is 11.3 Å². The van der Waals surface area contributed by atoms with Crippen LogP contribution in [0.2, 0.25) is 0 Å². The molecule has 0 N–H and O–H groups in total. The molecule has 0 fully saturated rings. The van der Waals surface area contributed by atoms with Gasteiger partial charge in [-0.05, 0) is 6.20 Å². The van der Waals surface area contributed by atoms with E-state index in [-0.39, 0.29) is 64.4 Å². The van der Waals surface area contributed by atoms with Gasteiger partial charge in [0.05, 0.1) is 0 Å². The first kappa shape index (κ1) is 14.0. The second-order valence-electron chi connectivity index (χ2n) is 2.59. The van der Waals surface area contributed by atoms with Crippen molar-refractivity contribution in [2.75, 3.05) is 0 Å². The smallest absolute Gasteiger partial charge is 0.358 e. The number of fused-ring (bicyclic) bond motifs is 1. The minimum atomic E-state index is -0.0793. The van der Waals surface area contributed by atoms with Gasteiger partial charge >= 0.3 is 51.4 Å². The SMILES string of the molecule is Cn1n[c-]c2ccccc2c1=O.[CH3-].[K+]. The zero-order valence-electron chi connectivity index (χ0n) is 8.61. The molecule has 0 aliphatic heterocycles. The number of aryl methyl sites for hydroxylation is 1. The Labute approximate surface area is 126 Å². The van der Waals surface area contributed by atoms with Gasteiger partial charge in [0, 0.05) is 7.05 Å². The largest absolute Gasteiger partial charge is 1.00 e. The average molecular weight is 213 g/mol. The fraction of sp³-hybridized carbons (Fsp3) is 0.100. The molecule has 4 heteroatoms. The summed E-state index contributed by atoms with van der Waals surface area (Å²) in [5.74, 6) is 0. The molecule has 1 aromatic heterocycles. The minimum absolute atomic E-state index is 0. The van der Waals surface area contributed by atoms with Gasteiger partial charge in [-0.1, -0.05) is 11.5 Å². The number of hydrogen-bond donors (Lipinski definition) is 0. The van der Waals surface area contributed by atoms with Crippen LogP contribution in [-0.2, 0) is 7.05 Å². The van der Waals surface area contributed by atoms with E-state index in [0.717, 1.165) is 5.39 Å². The number of rotatable bonds is 0. The molecule has 0 aliphatic rings. The molecule has 0 radical (unpaired) electrons. The molecule has 0 atom stereocenters. The molecule has 1 heterocycles. The van der Waals surface area contributed by atoms with Crippen molar-refractivity contribution in [2.45, 2.75) is 0 Å². The first-order valence-electron chi connectivity index (χ1n) is 3.63. The van der Waals surface area contributed by atoms with Gasteiger partial charge < -0.3 is 7.43 Å². The molecule has 0 unspecified atom stereocenters. The van der Waals surface area contributed by atoms with Gasteiger partial charge in [0.15, 0.2) is 0 Å². The normalized spacial score (nSPS) is 8.93. The third-order valence-electron chi connectivity index (χ3n) is 1.77. The van der Waals surface area contributed by atoms with Gasteiger partial charge in [-0.25, -0.2) is 5.10 Å². The monoisotopic (exact) mass is 213 g/mol. The van der Waals surface area contributed by atoms with Crippen LogP contribution in [0.5, 0.6) is 0 Å². The second-order valence-corrected chi connectivity index (χ2v) is 2.59. The van der Waals surface area contributed by atoms with Crippen LogP contribution in [0.25, 0.3) is 10.8 Å². The summed E-state index contributed by atoms with van der Waals surface area (Å²) in [4.78, 5) is 11.4. The van der Waals surface area contributed by atoms with Crippen LogP contribution in [0.1, 0.15) is 0 Å². The first-order chi connectivity index (χ1) is 5.79. The minimum Gasteiger partial charge on any atom is -0.358 e. The maximum Gasteiger partial charge on any atom is 1.00 e. The van der Waals surface area contributed by atoms with Gasteiger partial charge in [0.2, 0.25) is 5.56 Å². The average Bonchev–Trinajstić information content (AvgIpc) is 2.12. The van der Waals surface area contributed by atoms with Crippen molar-refractivity contribution in [2.24, 2.45) is 7.05 Å². The Hall–Kier alpha value is -0.00364. The second kappa shape index (κ2) is 5.77. The number of hydrogen-bond acceptors (Lipinski definition) is 2. The quantitative estimate of drug-likeness (QED) is 0.382. The molecule has 3 nitrogen and oxygen atoms in total. The fourth-order valence-corrected chi connectivity index (χ4v) is 1.12. The Bertz CT molecular complexity index is 479. The van der Waals surface area contributed by atoms with Crippen molar-refractivity contribution in [3.8, 4) is 0 Å². The third kappa shape index (κ3) is 2.52. The molecule has 0 aliphatic carbocycles. The van der Waals surface area contributed by atoms with E-state index in [1.54, 1.807) is 13.1 Å². The third-order valence-corrected chi connectivity index (χ3v) is 1.77. The summed E-state index contributed by atoms with van der Waals surface area (Å²) in [5.41, 5.74) is -0.0793. The number of aromatic nitrogens is 2. The van der Waals surface area contributed by atoms with Crippen molar-refractivity contribution in [3.63, 3.8) is 0 Å². The number of benzene rings is 1. The van der Waals surface area contributed by atoms with Crippen LogP contribution in [0.3, 0.4) is 0 Å². The topological polar surface area (TPSA) is 34.9 Å². The van der Waals surface area contributed by atoms with E-state index in [1.807, 2.05) is 18.2 Å². The molecule has 0 amide bonds. The maximum atomic E-state index is 11.4. The predicted octanol–water partition coefficient (Wildman–Crippen LogP) is -1.81. The molecule has 14 heavy (non-hydrogen) atoms. The molecule has 2 aromatic rings. The summed E-state index contributed by atoms with van der Waals surface area (Å²) in [6.45, 7) is 0. The van der Waals surface area contributed by atoms with Crippen LogP contribution in [0.4, 0.5) is 0 Å². The van der Waals surface area contributed by atoms with Crippen LogP contribution < -0.4 is 56.9 Å². The van der Waals surface area contributed by atoms with E-state index in [1.165, 1.54) is 4.68 Å². The van der Waals surface area contributed by atoms with E-state index < -0.39 is 0 Å². The summed E-state index contributed by atoms with van der Waals surface area (Å²) in [7, 11) is 1.62. The van der Waals surface area contributed by atoms with Gasteiger partial charge in [-0.2, -0.15) is 11.5 Å². The Morgan fingerprint density at radius 3 is 2.71 bits per heavy atom. The molecule has 0 saturated heterocycles. The summed E-state index contributed by atoms with van der Waals surface area (Å²) in [5, 5.41) is 5.21. The van der Waals surface area contributed by atoms with Crippen LogP contribution in [0.15, 0.2) is 29.1 Å². The zero-order valence-corrected chi connectivity index (χ0v) is 11.7. The molecule has 0 spiro atoms. The zero-order chi connectivity index (χ0) is 8.55. The summed E-state index contributed by atoms with van der Waals surface area (Å²) in [6.07, 6.45) is 2.77. The first-order valence-corrected chi connectivity index (χ1v) is 3.63. The van der Waals surface area contributed by atoms with Gasteiger partial charge in [0.1, 0.15) is 0 Å². The Morgan fingerprint density at radius 1 is 1.36 bits per heavy atom. The molecular weight excluding hydrogens is 203 g/mol. The fourth-order valence-electron chi connectivity index (χ4n) is 1.12. The molecule has 0 bridgehead atoms. The number of nitrogens with zero attached hydrogens (tertiary/aromatic N) is 2. The van der Waals surface area contributed by atoms with E-state index in [9.17, 15) is 4.79 Å². The van der Waals surface area contributed by atoms with Crippen LogP contribution in [-0.4, -0.2) is 9.78 Å². The summed E-state index contributed by atoms with van der Waals surface area (Å²) >= 11 is 0. The van der Waals surface area contributed by atoms with Crippen molar-refractivity contribution in [1.82, 2.24) is 9.78 Å². The van der Waals surface area contributed by atoms with Gasteiger partial charge in [-0.15, -0.1) is 12.1 Å². The van der Waals surface area contributed by atoms with Crippen molar-refractivity contribution >= 4 is 10.8 Å². The Kier molecular flexibility index (Phi) is 5.77. The van der Waals surface area contributed by atoms with Gasteiger partial charge in [-0.3, -0.25) is 9.48 Å². The summed E-state index contributed by atoms with van der Waals surface area (Å²) in [6, 6.07) is 7.29. The summed E-state index contributed by atoms with van der Waals surface area (Å²) < 4.78 is 1.28. The van der Waals surface area contributed by atoms with E-state index >= 15 is 0 Å². The molecule has 68 valence electrons. The van der Waals surface area contributed by atoms with E-state index in [0.29, 0.717) is 5.39 Å². The maximum absolute atomic E-state index is 11.4. The Balaban J connectivity index is 0.000000845. The molecule has 1 aromatic carbocycles. The standard InChI is InChI=1S/C9H7N2O.CH3.K/c1-11-9(12)8-5-3-2-4-7(8)6-10-11;;/h2-5H,1H3;1H3;/q2*-1;+1. The van der Waals surface area contributed by atoms with Crippen molar-refractivity contribution in [1.29, 1.82) is 0 Å². The van der Waals surface area contributed by atoms with Crippen LogP contribution in [0, 0.1) is 13.6 Å². The predicted molar refractivity (Wildman–Crippen MR) is 52.2 cm³/mol. The van der Waals surface area contributed by atoms with Crippen LogP contribution >= 0.6 is 0 Å². The molecule has 0 saturated carbocycles. The molecule has 2 rings (SSSR count). The van der Waals surface area contributed by atoms with Gasteiger partial charge in [0.25, 0.3) is 0 Å². The van der Waals surface area contributed by atoms with E-state index in [4.69, 9.17) is 0 Å². The van der Waals surface area contributed by atoms with Crippen molar-refractivity contribution in [3.05, 3.63) is 48.2 Å². The van der Waals surface area contributed by atoms with Crippen molar-refractivity contribution < 1.29 is 51.4 Å².